The molecule has 0 saturated carbocycles. The molecule has 0 spiro atoms. The fourth-order valence-electron chi connectivity index (χ4n) is 3.44. The maximum atomic E-state index is 12.5. The van der Waals surface area contributed by atoms with Crippen LogP contribution in [0.1, 0.15) is 52.9 Å². The normalized spacial score (nSPS) is 17.4. The summed E-state index contributed by atoms with van der Waals surface area (Å²) in [5.41, 5.74) is 2.42. The molecule has 1 unspecified atom stereocenters. The van der Waals surface area contributed by atoms with Gasteiger partial charge in [-0.1, -0.05) is 32.9 Å². The number of sulfonamides is 1. The van der Waals surface area contributed by atoms with Gasteiger partial charge in [-0.05, 0) is 59.9 Å². The molecule has 0 radical (unpaired) electrons. The second-order valence-electron chi connectivity index (χ2n) is 8.24. The van der Waals surface area contributed by atoms with Crippen LogP contribution in [0.2, 0.25) is 0 Å². The topological polar surface area (TPSA) is 89.3 Å². The number of hydrogen-bond donors (Lipinski definition) is 2. The highest BCUT2D eigenvalue weighted by molar-refractivity contribution is 7.89. The third-order valence-corrected chi connectivity index (χ3v) is 7.40. The number of fused-ring (bicyclic) bond motifs is 1. The summed E-state index contributed by atoms with van der Waals surface area (Å²) in [5.74, 6) is 0.560. The zero-order chi connectivity index (χ0) is 19.8. The third-order valence-electron chi connectivity index (χ3n) is 5.24. The van der Waals surface area contributed by atoms with Gasteiger partial charge in [0, 0.05) is 11.4 Å². The molecule has 0 bridgehead atoms. The molecule has 0 fully saturated rings. The quantitative estimate of drug-likeness (QED) is 0.815. The first-order valence-corrected chi connectivity index (χ1v) is 11.4. The van der Waals surface area contributed by atoms with E-state index in [0.29, 0.717) is 12.5 Å². The second kappa shape index (κ2) is 7.37. The van der Waals surface area contributed by atoms with E-state index in [0.717, 1.165) is 23.3 Å². The number of carbonyl (C=O) groups is 1. The molecule has 1 aliphatic rings. The molecule has 5 nitrogen and oxygen atoms in total. The zero-order valence-corrected chi connectivity index (χ0v) is 17.5. The van der Waals surface area contributed by atoms with Crippen molar-refractivity contribution in [1.29, 1.82) is 0 Å². The lowest BCUT2D eigenvalue weighted by Crippen LogP contribution is -2.26. The lowest BCUT2D eigenvalue weighted by atomic mass is 9.72. The van der Waals surface area contributed by atoms with E-state index in [2.05, 4.69) is 26.1 Å². The molecule has 1 amide bonds. The molecule has 2 aromatic rings. The van der Waals surface area contributed by atoms with Gasteiger partial charge >= 0.3 is 0 Å². The van der Waals surface area contributed by atoms with E-state index >= 15 is 0 Å². The van der Waals surface area contributed by atoms with Crippen molar-refractivity contribution >= 4 is 27.3 Å². The fourth-order valence-corrected chi connectivity index (χ4v) is 5.08. The van der Waals surface area contributed by atoms with Gasteiger partial charge in [0.2, 0.25) is 10.0 Å². The van der Waals surface area contributed by atoms with Crippen LogP contribution in [0.5, 0.6) is 0 Å². The summed E-state index contributed by atoms with van der Waals surface area (Å²) >= 11 is 1.59. The average molecular weight is 407 g/mol. The van der Waals surface area contributed by atoms with Crippen molar-refractivity contribution in [3.63, 3.8) is 0 Å². The van der Waals surface area contributed by atoms with Crippen LogP contribution in [0, 0.1) is 11.3 Å². The molecule has 27 heavy (non-hydrogen) atoms. The number of thiophene rings is 1. The molecule has 0 saturated heterocycles. The maximum absolute atomic E-state index is 12.5. The van der Waals surface area contributed by atoms with Gasteiger partial charge < -0.3 is 5.32 Å². The highest BCUT2D eigenvalue weighted by Gasteiger charge is 2.30. The molecule has 146 valence electrons. The second-order valence-corrected chi connectivity index (χ2v) is 10.9. The Labute approximate surface area is 165 Å². The first kappa shape index (κ1) is 20.0. The largest absolute Gasteiger partial charge is 0.347 e. The lowest BCUT2D eigenvalue weighted by molar-refractivity contribution is 0.0955. The van der Waals surface area contributed by atoms with Crippen LogP contribution in [-0.2, 0) is 29.4 Å². The van der Waals surface area contributed by atoms with E-state index in [1.54, 1.807) is 23.5 Å². The van der Waals surface area contributed by atoms with E-state index < -0.39 is 10.0 Å². The summed E-state index contributed by atoms with van der Waals surface area (Å²) in [6.07, 6.45) is 3.26. The van der Waals surface area contributed by atoms with Gasteiger partial charge in [-0.25, -0.2) is 13.6 Å². The van der Waals surface area contributed by atoms with Crippen molar-refractivity contribution in [2.24, 2.45) is 16.5 Å². The van der Waals surface area contributed by atoms with Gasteiger partial charge in [-0.2, -0.15) is 0 Å². The summed E-state index contributed by atoms with van der Waals surface area (Å²) in [5, 5.41) is 8.01. The Balaban J connectivity index is 1.64. The van der Waals surface area contributed by atoms with Crippen LogP contribution >= 0.6 is 11.3 Å². The maximum Gasteiger partial charge on any atom is 0.261 e. The minimum absolute atomic E-state index is 0.0666. The molecular weight excluding hydrogens is 380 g/mol. The van der Waals surface area contributed by atoms with Crippen LogP contribution in [0.25, 0.3) is 0 Å². The highest BCUT2D eigenvalue weighted by Crippen LogP contribution is 2.40. The minimum Gasteiger partial charge on any atom is -0.347 e. The Kier molecular flexibility index (Phi) is 5.47. The molecule has 3 N–H and O–H groups in total. The number of hydrogen-bond acceptors (Lipinski definition) is 4. The van der Waals surface area contributed by atoms with Crippen LogP contribution in [0.4, 0.5) is 0 Å². The van der Waals surface area contributed by atoms with E-state index in [4.69, 9.17) is 5.14 Å². The molecule has 1 aromatic carbocycles. The van der Waals surface area contributed by atoms with Crippen LogP contribution in [0.15, 0.2) is 35.2 Å². The Bertz CT molecular complexity index is 939. The minimum atomic E-state index is -3.70. The van der Waals surface area contributed by atoms with Crippen molar-refractivity contribution in [1.82, 2.24) is 5.32 Å². The monoisotopic (exact) mass is 406 g/mol. The average Bonchev–Trinajstić information content (AvgIpc) is 3.02. The summed E-state index contributed by atoms with van der Waals surface area (Å²) in [4.78, 5) is 14.7. The summed E-state index contributed by atoms with van der Waals surface area (Å²) in [6, 6.07) is 8.26. The molecule has 1 atom stereocenters. The number of primary sulfonamides is 1. The van der Waals surface area contributed by atoms with Crippen molar-refractivity contribution in [2.75, 3.05) is 0 Å². The summed E-state index contributed by atoms with van der Waals surface area (Å²) < 4.78 is 22.6. The van der Waals surface area contributed by atoms with Gasteiger partial charge in [-0.15, -0.1) is 11.3 Å². The van der Waals surface area contributed by atoms with E-state index in [1.165, 1.54) is 29.0 Å². The predicted molar refractivity (Wildman–Crippen MR) is 108 cm³/mol. The number of amides is 1. The third kappa shape index (κ3) is 4.78. The Morgan fingerprint density at radius 2 is 1.93 bits per heavy atom. The molecule has 1 heterocycles. The number of benzene rings is 1. The van der Waals surface area contributed by atoms with E-state index in [-0.39, 0.29) is 16.2 Å². The molecule has 7 heteroatoms. The number of rotatable bonds is 4. The molecule has 1 aromatic heterocycles. The van der Waals surface area contributed by atoms with Crippen LogP contribution < -0.4 is 10.5 Å². The Hall–Kier alpha value is -1.70. The van der Waals surface area contributed by atoms with Gasteiger partial charge in [0.25, 0.3) is 5.91 Å². The zero-order valence-electron chi connectivity index (χ0n) is 15.9. The summed E-state index contributed by atoms with van der Waals surface area (Å²) in [7, 11) is -3.70. The highest BCUT2D eigenvalue weighted by atomic mass is 32.2. The first-order valence-electron chi connectivity index (χ1n) is 9.05. The standard InChI is InChI=1S/C20H26N2O3S2/c1-20(2,3)15-6-9-17-14(10-15)11-18(26-17)19(23)22-12-13-4-7-16(8-5-13)27(21,24)25/h4-5,7-8,11,15H,6,9-10,12H2,1-3H3,(H,22,23)(H2,21,24,25). The number of aryl methyl sites for hydroxylation is 1. The van der Waals surface area contributed by atoms with Gasteiger partial charge in [0.05, 0.1) is 9.77 Å². The Morgan fingerprint density at radius 3 is 2.52 bits per heavy atom. The van der Waals surface area contributed by atoms with Crippen molar-refractivity contribution < 1.29 is 13.2 Å². The van der Waals surface area contributed by atoms with Gasteiger partial charge in [0.1, 0.15) is 0 Å². The number of nitrogens with two attached hydrogens (primary N) is 1. The molecule has 0 aliphatic heterocycles. The SMILES string of the molecule is CC(C)(C)C1CCc2sc(C(=O)NCc3ccc(S(N)(=O)=O)cc3)cc2C1. The van der Waals surface area contributed by atoms with Crippen molar-refractivity contribution in [2.45, 2.75) is 51.5 Å². The Morgan fingerprint density at radius 1 is 1.26 bits per heavy atom. The van der Waals surface area contributed by atoms with Crippen molar-refractivity contribution in [3.05, 3.63) is 51.2 Å². The van der Waals surface area contributed by atoms with Crippen LogP contribution in [0.3, 0.4) is 0 Å². The van der Waals surface area contributed by atoms with Gasteiger partial charge in [-0.3, -0.25) is 4.79 Å². The molecule has 3 rings (SSSR count). The molecular formula is C20H26N2O3S2. The van der Waals surface area contributed by atoms with Gasteiger partial charge in [0.15, 0.2) is 0 Å². The number of nitrogens with one attached hydrogen (secondary N) is 1. The number of carbonyl (C=O) groups excluding carboxylic acids is 1. The van der Waals surface area contributed by atoms with Crippen LogP contribution in [-0.4, -0.2) is 14.3 Å². The smallest absolute Gasteiger partial charge is 0.261 e. The fraction of sp³-hybridized carbons (Fsp3) is 0.450. The van der Waals surface area contributed by atoms with Crippen molar-refractivity contribution in [3.8, 4) is 0 Å². The lowest BCUT2D eigenvalue weighted by Gasteiger charge is -2.33. The van der Waals surface area contributed by atoms with E-state index in [1.807, 2.05) is 6.07 Å². The first-order chi connectivity index (χ1) is 12.5. The van der Waals surface area contributed by atoms with E-state index in [9.17, 15) is 13.2 Å². The predicted octanol–water partition coefficient (Wildman–Crippen LogP) is 3.48. The summed E-state index contributed by atoms with van der Waals surface area (Å²) in [6.45, 7) is 7.19. The molecule has 1 aliphatic carbocycles.